The largest absolute Gasteiger partial charge is 0.367 e. The maximum atomic E-state index is 12.6. The Balaban J connectivity index is 1.53. The second-order valence-electron chi connectivity index (χ2n) is 6.50. The highest BCUT2D eigenvalue weighted by molar-refractivity contribution is 5.95. The molecule has 0 saturated carbocycles. The Morgan fingerprint density at radius 3 is 2.48 bits per heavy atom. The highest BCUT2D eigenvalue weighted by Crippen LogP contribution is 2.27. The molecule has 1 aromatic heterocycles. The number of fused-ring (bicyclic) bond motifs is 1. The number of nitrogens with zero attached hydrogens (tertiary/aromatic N) is 3. The van der Waals surface area contributed by atoms with Crippen molar-refractivity contribution < 1.29 is 4.79 Å². The molecule has 0 N–H and O–H groups in total. The molecule has 126 valence electrons. The molecule has 0 spiro atoms. The topological polar surface area (TPSA) is 36.4 Å². The summed E-state index contributed by atoms with van der Waals surface area (Å²) in [6.45, 7) is 5.26. The number of rotatable bonds is 2. The van der Waals surface area contributed by atoms with E-state index >= 15 is 0 Å². The van der Waals surface area contributed by atoms with Gasteiger partial charge in [0.2, 0.25) is 0 Å². The standard InChI is InChI=1S/C21H21N3O/c1-16-7-8-19-18(15-16)20(9-10-22-19)23-11-13-24(14-12-23)21(25)17-5-3-2-4-6-17/h2-10,15H,11-14H2,1H3. The van der Waals surface area contributed by atoms with Crippen LogP contribution in [0.5, 0.6) is 0 Å². The summed E-state index contributed by atoms with van der Waals surface area (Å²) in [5.41, 5.74) is 4.23. The van der Waals surface area contributed by atoms with E-state index in [9.17, 15) is 4.79 Å². The Morgan fingerprint density at radius 2 is 1.72 bits per heavy atom. The van der Waals surface area contributed by atoms with Crippen LogP contribution in [-0.4, -0.2) is 42.0 Å². The molecular weight excluding hydrogens is 310 g/mol. The molecule has 2 aromatic carbocycles. The van der Waals surface area contributed by atoms with E-state index in [2.05, 4.69) is 41.1 Å². The van der Waals surface area contributed by atoms with Crippen LogP contribution < -0.4 is 4.90 Å². The Hall–Kier alpha value is -2.88. The zero-order chi connectivity index (χ0) is 17.2. The number of hydrogen-bond acceptors (Lipinski definition) is 3. The lowest BCUT2D eigenvalue weighted by Gasteiger charge is -2.36. The van der Waals surface area contributed by atoms with Crippen LogP contribution >= 0.6 is 0 Å². The molecule has 0 aliphatic carbocycles. The van der Waals surface area contributed by atoms with Crippen LogP contribution in [0, 0.1) is 6.92 Å². The third-order valence-electron chi connectivity index (χ3n) is 4.80. The summed E-state index contributed by atoms with van der Waals surface area (Å²) in [6.07, 6.45) is 1.87. The summed E-state index contributed by atoms with van der Waals surface area (Å²) in [6, 6.07) is 18.0. The van der Waals surface area contributed by atoms with Gasteiger partial charge in [-0.2, -0.15) is 0 Å². The van der Waals surface area contributed by atoms with E-state index in [0.717, 1.165) is 37.3 Å². The third kappa shape index (κ3) is 3.07. The summed E-state index contributed by atoms with van der Waals surface area (Å²) >= 11 is 0. The Kier molecular flexibility index (Phi) is 4.10. The number of aryl methyl sites for hydroxylation is 1. The Bertz CT molecular complexity index is 899. The van der Waals surface area contributed by atoms with Crippen molar-refractivity contribution in [3.63, 3.8) is 0 Å². The third-order valence-corrected chi connectivity index (χ3v) is 4.80. The van der Waals surface area contributed by atoms with Gasteiger partial charge < -0.3 is 9.80 Å². The van der Waals surface area contributed by atoms with E-state index in [1.54, 1.807) is 0 Å². The fourth-order valence-corrected chi connectivity index (χ4v) is 3.44. The van der Waals surface area contributed by atoms with Gasteiger partial charge in [-0.3, -0.25) is 9.78 Å². The molecule has 0 bridgehead atoms. The van der Waals surface area contributed by atoms with Crippen molar-refractivity contribution in [2.45, 2.75) is 6.92 Å². The summed E-state index contributed by atoms with van der Waals surface area (Å²) in [7, 11) is 0. The van der Waals surface area contributed by atoms with Crippen LogP contribution in [0.4, 0.5) is 5.69 Å². The SMILES string of the molecule is Cc1ccc2nccc(N3CCN(C(=O)c4ccccc4)CC3)c2c1. The van der Waals surface area contributed by atoms with Crippen molar-refractivity contribution in [1.29, 1.82) is 0 Å². The van der Waals surface area contributed by atoms with Gasteiger partial charge in [0.1, 0.15) is 0 Å². The molecule has 2 heterocycles. The average molecular weight is 331 g/mol. The van der Waals surface area contributed by atoms with Gasteiger partial charge in [-0.05, 0) is 37.3 Å². The van der Waals surface area contributed by atoms with Gasteiger partial charge in [0.05, 0.1) is 5.52 Å². The molecule has 4 heteroatoms. The summed E-state index contributed by atoms with van der Waals surface area (Å²) in [5, 5.41) is 1.19. The maximum absolute atomic E-state index is 12.6. The van der Waals surface area contributed by atoms with Crippen LogP contribution in [0.2, 0.25) is 0 Å². The Labute approximate surface area is 147 Å². The van der Waals surface area contributed by atoms with Crippen LogP contribution in [0.25, 0.3) is 10.9 Å². The highest BCUT2D eigenvalue weighted by atomic mass is 16.2. The predicted octanol–water partition coefficient (Wildman–Crippen LogP) is 3.51. The van der Waals surface area contributed by atoms with Crippen molar-refractivity contribution in [3.05, 3.63) is 71.9 Å². The summed E-state index contributed by atoms with van der Waals surface area (Å²) in [4.78, 5) is 21.4. The number of benzene rings is 2. The number of carbonyl (C=O) groups excluding carboxylic acids is 1. The van der Waals surface area contributed by atoms with Crippen molar-refractivity contribution in [2.24, 2.45) is 0 Å². The van der Waals surface area contributed by atoms with Gasteiger partial charge >= 0.3 is 0 Å². The lowest BCUT2D eigenvalue weighted by Crippen LogP contribution is -2.48. The molecule has 1 amide bonds. The molecule has 25 heavy (non-hydrogen) atoms. The normalized spacial score (nSPS) is 14.8. The lowest BCUT2D eigenvalue weighted by molar-refractivity contribution is 0.0747. The molecule has 4 nitrogen and oxygen atoms in total. The monoisotopic (exact) mass is 331 g/mol. The quantitative estimate of drug-likeness (QED) is 0.721. The first-order valence-corrected chi connectivity index (χ1v) is 8.67. The first kappa shape index (κ1) is 15.6. The van der Waals surface area contributed by atoms with Gasteiger partial charge in [-0.1, -0.05) is 29.8 Å². The van der Waals surface area contributed by atoms with Gasteiger partial charge in [0.25, 0.3) is 5.91 Å². The summed E-state index contributed by atoms with van der Waals surface area (Å²) in [5.74, 6) is 0.121. The molecule has 3 aromatic rings. The van der Waals surface area contributed by atoms with E-state index in [1.165, 1.54) is 16.6 Å². The van der Waals surface area contributed by atoms with E-state index in [4.69, 9.17) is 0 Å². The number of aromatic nitrogens is 1. The number of piperazine rings is 1. The highest BCUT2D eigenvalue weighted by Gasteiger charge is 2.23. The molecule has 0 atom stereocenters. The summed E-state index contributed by atoms with van der Waals surface area (Å²) < 4.78 is 0. The van der Waals surface area contributed by atoms with Crippen molar-refractivity contribution in [3.8, 4) is 0 Å². The van der Waals surface area contributed by atoms with Gasteiger partial charge in [-0.25, -0.2) is 0 Å². The minimum Gasteiger partial charge on any atom is -0.367 e. The molecule has 1 saturated heterocycles. The Morgan fingerprint density at radius 1 is 0.960 bits per heavy atom. The average Bonchev–Trinajstić information content (AvgIpc) is 2.68. The van der Waals surface area contributed by atoms with E-state index in [0.29, 0.717) is 0 Å². The molecule has 1 aliphatic rings. The molecule has 0 radical (unpaired) electrons. The van der Waals surface area contributed by atoms with E-state index in [-0.39, 0.29) is 5.91 Å². The van der Waals surface area contributed by atoms with Crippen LogP contribution in [-0.2, 0) is 0 Å². The zero-order valence-electron chi connectivity index (χ0n) is 14.4. The number of anilines is 1. The van der Waals surface area contributed by atoms with Crippen LogP contribution in [0.3, 0.4) is 0 Å². The van der Waals surface area contributed by atoms with Gasteiger partial charge in [0, 0.05) is 49.0 Å². The first-order chi connectivity index (χ1) is 12.2. The molecule has 1 aliphatic heterocycles. The van der Waals surface area contributed by atoms with Gasteiger partial charge in [-0.15, -0.1) is 0 Å². The van der Waals surface area contributed by atoms with Gasteiger partial charge in [0.15, 0.2) is 0 Å². The molecular formula is C21H21N3O. The predicted molar refractivity (Wildman–Crippen MR) is 101 cm³/mol. The lowest BCUT2D eigenvalue weighted by atomic mass is 10.1. The maximum Gasteiger partial charge on any atom is 0.253 e. The molecule has 1 fully saturated rings. The smallest absolute Gasteiger partial charge is 0.253 e. The minimum absolute atomic E-state index is 0.121. The number of amides is 1. The fraction of sp³-hybridized carbons (Fsp3) is 0.238. The van der Waals surface area contributed by atoms with Crippen molar-refractivity contribution >= 4 is 22.5 Å². The number of hydrogen-bond donors (Lipinski definition) is 0. The second kappa shape index (κ2) is 6.55. The first-order valence-electron chi connectivity index (χ1n) is 8.67. The zero-order valence-corrected chi connectivity index (χ0v) is 14.4. The van der Waals surface area contributed by atoms with Crippen LogP contribution in [0.1, 0.15) is 15.9 Å². The number of carbonyl (C=O) groups is 1. The minimum atomic E-state index is 0.121. The molecule has 0 unspecified atom stereocenters. The second-order valence-corrected chi connectivity index (χ2v) is 6.50. The van der Waals surface area contributed by atoms with E-state index in [1.807, 2.05) is 41.4 Å². The van der Waals surface area contributed by atoms with E-state index < -0.39 is 0 Å². The van der Waals surface area contributed by atoms with Crippen molar-refractivity contribution in [2.75, 3.05) is 31.1 Å². The van der Waals surface area contributed by atoms with Crippen LogP contribution in [0.15, 0.2) is 60.8 Å². The number of pyridine rings is 1. The molecule has 4 rings (SSSR count). The fourth-order valence-electron chi connectivity index (χ4n) is 3.44. The van der Waals surface area contributed by atoms with Crippen molar-refractivity contribution in [1.82, 2.24) is 9.88 Å².